The number of sulfonamides is 1. The van der Waals surface area contributed by atoms with E-state index in [1.807, 2.05) is 18.2 Å². The second-order valence-electron chi connectivity index (χ2n) is 4.24. The summed E-state index contributed by atoms with van der Waals surface area (Å²) < 4.78 is 32.8. The van der Waals surface area contributed by atoms with E-state index in [1.54, 1.807) is 24.3 Å². The molecule has 7 heteroatoms. The van der Waals surface area contributed by atoms with Crippen molar-refractivity contribution in [2.45, 2.75) is 4.90 Å². The van der Waals surface area contributed by atoms with Gasteiger partial charge in [0.1, 0.15) is 17.3 Å². The molecule has 2 aromatic rings. The first kappa shape index (κ1) is 15.8. The summed E-state index contributed by atoms with van der Waals surface area (Å²) in [7, 11) is -3.65. The molecule has 0 fully saturated rings. The monoisotopic (exact) mass is 370 g/mol. The molecule has 2 aromatic carbocycles. The molecule has 21 heavy (non-hydrogen) atoms. The predicted octanol–water partition coefficient (Wildman–Crippen LogP) is 2.39. The summed E-state index contributed by atoms with van der Waals surface area (Å²) in [4.78, 5) is 0.0524. The van der Waals surface area contributed by atoms with Crippen LogP contribution in [-0.4, -0.2) is 21.6 Å². The Bertz CT molecular complexity index is 705. The Kier molecular flexibility index (Phi) is 5.22. The van der Waals surface area contributed by atoms with Gasteiger partial charge < -0.3 is 10.5 Å². The van der Waals surface area contributed by atoms with Gasteiger partial charge in [-0.05, 0) is 30.3 Å². The van der Waals surface area contributed by atoms with Crippen molar-refractivity contribution in [1.29, 1.82) is 0 Å². The average Bonchev–Trinajstić information content (AvgIpc) is 2.47. The molecule has 0 aliphatic rings. The third kappa shape index (κ3) is 4.45. The number of nitrogens with two attached hydrogens (primary N) is 1. The van der Waals surface area contributed by atoms with Gasteiger partial charge in [0.25, 0.3) is 0 Å². The second kappa shape index (κ2) is 6.93. The fraction of sp³-hybridized carbons (Fsp3) is 0.143. The van der Waals surface area contributed by atoms with Crippen LogP contribution in [0, 0.1) is 0 Å². The third-order valence-corrected chi connectivity index (χ3v) is 4.68. The molecule has 0 atom stereocenters. The van der Waals surface area contributed by atoms with E-state index in [1.165, 1.54) is 6.07 Å². The molecular weight excluding hydrogens is 356 g/mol. The summed E-state index contributed by atoms with van der Waals surface area (Å²) in [5.74, 6) is 0.693. The van der Waals surface area contributed by atoms with Crippen LogP contribution in [0.5, 0.6) is 5.75 Å². The Hall–Kier alpha value is -1.57. The molecule has 0 amide bonds. The number of rotatable bonds is 6. The first-order valence-electron chi connectivity index (χ1n) is 6.21. The quantitative estimate of drug-likeness (QED) is 0.604. The zero-order valence-electron chi connectivity index (χ0n) is 11.1. The van der Waals surface area contributed by atoms with Gasteiger partial charge in [0.15, 0.2) is 0 Å². The average molecular weight is 371 g/mol. The van der Waals surface area contributed by atoms with Crippen LogP contribution in [0.1, 0.15) is 0 Å². The van der Waals surface area contributed by atoms with Crippen LogP contribution in [0.2, 0.25) is 0 Å². The van der Waals surface area contributed by atoms with Crippen molar-refractivity contribution in [3.05, 3.63) is 53.0 Å². The molecule has 0 unspecified atom stereocenters. The summed E-state index contributed by atoms with van der Waals surface area (Å²) in [6.07, 6.45) is 0. The first-order chi connectivity index (χ1) is 9.99. The van der Waals surface area contributed by atoms with Crippen LogP contribution in [0.15, 0.2) is 57.9 Å². The van der Waals surface area contributed by atoms with Gasteiger partial charge in [-0.15, -0.1) is 0 Å². The van der Waals surface area contributed by atoms with E-state index in [-0.39, 0.29) is 23.7 Å². The van der Waals surface area contributed by atoms with Crippen LogP contribution in [0.3, 0.4) is 0 Å². The third-order valence-electron chi connectivity index (χ3n) is 2.67. The number of anilines is 1. The minimum Gasteiger partial charge on any atom is -0.492 e. The van der Waals surface area contributed by atoms with E-state index in [9.17, 15) is 8.42 Å². The van der Waals surface area contributed by atoms with E-state index in [0.717, 1.165) is 0 Å². The molecule has 0 heterocycles. The van der Waals surface area contributed by atoms with Crippen molar-refractivity contribution < 1.29 is 13.2 Å². The van der Waals surface area contributed by atoms with E-state index in [4.69, 9.17) is 10.5 Å². The van der Waals surface area contributed by atoms with Crippen LogP contribution in [-0.2, 0) is 10.0 Å². The summed E-state index contributed by atoms with van der Waals surface area (Å²) in [5.41, 5.74) is 5.90. The molecule has 0 spiro atoms. The molecule has 0 aliphatic carbocycles. The van der Waals surface area contributed by atoms with E-state index >= 15 is 0 Å². The molecule has 0 aromatic heterocycles. The number of benzene rings is 2. The molecule has 0 radical (unpaired) electrons. The summed E-state index contributed by atoms with van der Waals surface area (Å²) >= 11 is 3.23. The Morgan fingerprint density at radius 3 is 2.57 bits per heavy atom. The van der Waals surface area contributed by atoms with Crippen molar-refractivity contribution in [2.24, 2.45) is 0 Å². The zero-order valence-corrected chi connectivity index (χ0v) is 13.5. The Morgan fingerprint density at radius 1 is 1.14 bits per heavy atom. The lowest BCUT2D eigenvalue weighted by atomic mass is 10.3. The molecule has 112 valence electrons. The highest BCUT2D eigenvalue weighted by Crippen LogP contribution is 2.22. The molecule has 5 nitrogen and oxygen atoms in total. The van der Waals surface area contributed by atoms with Gasteiger partial charge in [0.2, 0.25) is 10.0 Å². The van der Waals surface area contributed by atoms with Gasteiger partial charge in [0.05, 0.1) is 5.69 Å². The Morgan fingerprint density at radius 2 is 1.86 bits per heavy atom. The van der Waals surface area contributed by atoms with Crippen LogP contribution in [0.25, 0.3) is 0 Å². The van der Waals surface area contributed by atoms with E-state index < -0.39 is 10.0 Å². The zero-order chi connectivity index (χ0) is 15.3. The van der Waals surface area contributed by atoms with Gasteiger partial charge in [-0.2, -0.15) is 0 Å². The van der Waals surface area contributed by atoms with Crippen LogP contribution >= 0.6 is 15.9 Å². The predicted molar refractivity (Wildman–Crippen MR) is 85.7 cm³/mol. The normalized spacial score (nSPS) is 11.3. The van der Waals surface area contributed by atoms with Crippen molar-refractivity contribution >= 4 is 31.6 Å². The summed E-state index contributed by atoms with van der Waals surface area (Å²) in [6.45, 7) is 0.389. The number of hydrogen-bond acceptors (Lipinski definition) is 4. The standard InChI is InChI=1S/C14H15BrN2O3S/c15-11-6-7-13(16)14(10-11)21(18,19)17-8-9-20-12-4-2-1-3-5-12/h1-7,10,17H,8-9,16H2. The number of halogens is 1. The highest BCUT2D eigenvalue weighted by molar-refractivity contribution is 9.10. The highest BCUT2D eigenvalue weighted by Gasteiger charge is 2.17. The van der Waals surface area contributed by atoms with E-state index in [0.29, 0.717) is 10.2 Å². The number of nitrogen functional groups attached to an aromatic ring is 1. The lowest BCUT2D eigenvalue weighted by Gasteiger charge is -2.10. The maximum atomic E-state index is 12.1. The van der Waals surface area contributed by atoms with Crippen molar-refractivity contribution in [2.75, 3.05) is 18.9 Å². The number of nitrogens with one attached hydrogen (secondary N) is 1. The minimum absolute atomic E-state index is 0.0524. The van der Waals surface area contributed by atoms with Crippen molar-refractivity contribution in [3.8, 4) is 5.75 Å². The maximum Gasteiger partial charge on any atom is 0.242 e. The summed E-state index contributed by atoms with van der Waals surface area (Å²) in [6, 6.07) is 13.9. The molecule has 0 saturated heterocycles. The SMILES string of the molecule is Nc1ccc(Br)cc1S(=O)(=O)NCCOc1ccccc1. The number of ether oxygens (including phenoxy) is 1. The Labute approximate surface area is 132 Å². The molecule has 2 rings (SSSR count). The number of hydrogen-bond donors (Lipinski definition) is 2. The largest absolute Gasteiger partial charge is 0.492 e. The molecule has 0 aliphatic heterocycles. The fourth-order valence-electron chi connectivity index (χ4n) is 1.68. The molecule has 3 N–H and O–H groups in total. The Balaban J connectivity index is 1.94. The van der Waals surface area contributed by atoms with Gasteiger partial charge in [-0.3, -0.25) is 0 Å². The fourth-order valence-corrected chi connectivity index (χ4v) is 3.36. The smallest absolute Gasteiger partial charge is 0.242 e. The van der Waals surface area contributed by atoms with Gasteiger partial charge in [0, 0.05) is 11.0 Å². The van der Waals surface area contributed by atoms with Gasteiger partial charge >= 0.3 is 0 Å². The molecule has 0 saturated carbocycles. The summed E-state index contributed by atoms with van der Waals surface area (Å²) in [5, 5.41) is 0. The van der Waals surface area contributed by atoms with Crippen molar-refractivity contribution in [3.63, 3.8) is 0 Å². The lowest BCUT2D eigenvalue weighted by molar-refractivity contribution is 0.323. The van der Waals surface area contributed by atoms with Crippen molar-refractivity contribution in [1.82, 2.24) is 4.72 Å². The van der Waals surface area contributed by atoms with Crippen LogP contribution < -0.4 is 15.2 Å². The van der Waals surface area contributed by atoms with Crippen LogP contribution in [0.4, 0.5) is 5.69 Å². The first-order valence-corrected chi connectivity index (χ1v) is 8.49. The second-order valence-corrected chi connectivity index (χ2v) is 6.89. The molecular formula is C14H15BrN2O3S. The van der Waals surface area contributed by atoms with Gasteiger partial charge in [-0.1, -0.05) is 34.1 Å². The molecule has 0 bridgehead atoms. The van der Waals surface area contributed by atoms with E-state index in [2.05, 4.69) is 20.7 Å². The lowest BCUT2D eigenvalue weighted by Crippen LogP contribution is -2.28. The number of para-hydroxylation sites is 1. The highest BCUT2D eigenvalue weighted by atomic mass is 79.9. The maximum absolute atomic E-state index is 12.1. The minimum atomic E-state index is -3.65. The topological polar surface area (TPSA) is 81.4 Å². The van der Waals surface area contributed by atoms with Gasteiger partial charge in [-0.25, -0.2) is 13.1 Å².